The highest BCUT2D eigenvalue weighted by Gasteiger charge is 2.38. The predicted molar refractivity (Wildman–Crippen MR) is 161 cm³/mol. The molecule has 2 aromatic heterocycles. The first-order valence-corrected chi connectivity index (χ1v) is 16.7. The number of amides is 2. The Labute approximate surface area is 244 Å². The van der Waals surface area contributed by atoms with E-state index in [1.54, 1.807) is 39.0 Å². The average Bonchev–Trinajstić information content (AvgIpc) is 2.90. The first-order valence-electron chi connectivity index (χ1n) is 13.8. The number of hydrogen-bond donors (Lipinski definition) is 3. The van der Waals surface area contributed by atoms with E-state index >= 15 is 0 Å². The van der Waals surface area contributed by atoms with E-state index in [-0.39, 0.29) is 17.4 Å². The van der Waals surface area contributed by atoms with Gasteiger partial charge in [0.1, 0.15) is 23.4 Å². The molecule has 1 aliphatic rings. The molecule has 2 amide bonds. The molecule has 2 aromatic rings. The van der Waals surface area contributed by atoms with Gasteiger partial charge in [-0.15, -0.1) is 0 Å². The van der Waals surface area contributed by atoms with E-state index in [2.05, 4.69) is 55.6 Å². The summed E-state index contributed by atoms with van der Waals surface area (Å²) in [4.78, 5) is 24.3. The maximum atomic E-state index is 13.5. The standard InChI is InChI=1S/C29H44N6O5Si/c1-28(2,3)41(8,9)40-17-20-13-19-11-10-12-35(25(19)34-24(20)26(38-6)39-7)27(36)33-23-14-22(21(15-30)16-31-23)32-18-29(4,5)37/h13-14,16,26,37H,10-12,17-18H2,1-9H3,(H2,31,32,33,36). The molecule has 0 spiro atoms. The summed E-state index contributed by atoms with van der Waals surface area (Å²) in [6.07, 6.45) is 2.19. The molecule has 0 aliphatic carbocycles. The number of methoxy groups -OCH3 is 2. The third-order valence-corrected chi connectivity index (χ3v) is 12.0. The van der Waals surface area contributed by atoms with Gasteiger partial charge in [0.25, 0.3) is 0 Å². The molecule has 0 atom stereocenters. The first-order chi connectivity index (χ1) is 19.1. The van der Waals surface area contributed by atoms with Crippen molar-refractivity contribution < 1.29 is 23.8 Å². The van der Waals surface area contributed by atoms with Crippen LogP contribution in [0.4, 0.5) is 22.1 Å². The second-order valence-electron chi connectivity index (χ2n) is 12.4. The van der Waals surface area contributed by atoms with Crippen LogP contribution in [0.15, 0.2) is 18.3 Å². The van der Waals surface area contributed by atoms with Crippen LogP contribution in [0.1, 0.15) is 69.7 Å². The van der Waals surface area contributed by atoms with E-state index in [0.717, 1.165) is 24.0 Å². The molecule has 41 heavy (non-hydrogen) atoms. The number of pyridine rings is 2. The van der Waals surface area contributed by atoms with E-state index < -0.39 is 26.2 Å². The van der Waals surface area contributed by atoms with Gasteiger partial charge in [0.05, 0.1) is 23.5 Å². The number of carbonyl (C=O) groups excluding carboxylic acids is 1. The zero-order valence-corrected chi connectivity index (χ0v) is 26.7. The molecule has 0 radical (unpaired) electrons. The molecule has 224 valence electrons. The largest absolute Gasteiger partial charge is 0.412 e. The van der Waals surface area contributed by atoms with Crippen LogP contribution in [-0.2, 0) is 26.9 Å². The number of ether oxygens (including phenoxy) is 2. The van der Waals surface area contributed by atoms with Crippen LogP contribution in [0.2, 0.25) is 18.1 Å². The number of anilines is 3. The Balaban J connectivity index is 1.92. The summed E-state index contributed by atoms with van der Waals surface area (Å²) in [7, 11) is 1.07. The molecule has 3 rings (SSSR count). The monoisotopic (exact) mass is 584 g/mol. The minimum absolute atomic E-state index is 0.0504. The van der Waals surface area contributed by atoms with Crippen molar-refractivity contribution in [1.29, 1.82) is 5.26 Å². The normalized spacial score (nSPS) is 14.0. The lowest BCUT2D eigenvalue weighted by Crippen LogP contribution is -2.41. The quantitative estimate of drug-likeness (QED) is 0.249. The molecule has 0 unspecified atom stereocenters. The minimum atomic E-state index is -2.03. The second kappa shape index (κ2) is 12.8. The fourth-order valence-corrected chi connectivity index (χ4v) is 5.07. The topological polar surface area (TPSA) is 142 Å². The van der Waals surface area contributed by atoms with Crippen LogP contribution in [0.3, 0.4) is 0 Å². The van der Waals surface area contributed by atoms with Crippen molar-refractivity contribution in [3.05, 3.63) is 40.7 Å². The van der Waals surface area contributed by atoms with Crippen LogP contribution < -0.4 is 15.5 Å². The van der Waals surface area contributed by atoms with Crippen molar-refractivity contribution in [2.45, 2.75) is 84.1 Å². The second-order valence-corrected chi connectivity index (χ2v) is 17.3. The van der Waals surface area contributed by atoms with Gasteiger partial charge < -0.3 is 24.3 Å². The number of aliphatic hydroxyl groups is 1. The van der Waals surface area contributed by atoms with Gasteiger partial charge in [-0.3, -0.25) is 10.2 Å². The Morgan fingerprint density at radius 1 is 1.22 bits per heavy atom. The van der Waals surface area contributed by atoms with Crippen LogP contribution in [0.25, 0.3) is 0 Å². The molecule has 0 saturated heterocycles. The van der Waals surface area contributed by atoms with Crippen LogP contribution >= 0.6 is 0 Å². The molecule has 0 bridgehead atoms. The van der Waals surface area contributed by atoms with Crippen molar-refractivity contribution >= 4 is 31.7 Å². The number of rotatable bonds is 10. The minimum Gasteiger partial charge on any atom is -0.412 e. The summed E-state index contributed by atoms with van der Waals surface area (Å²) in [6, 6.07) is 5.31. The third kappa shape index (κ3) is 8.02. The van der Waals surface area contributed by atoms with Crippen LogP contribution in [0.5, 0.6) is 0 Å². The Hall–Kier alpha value is -3.08. The Morgan fingerprint density at radius 2 is 1.90 bits per heavy atom. The van der Waals surface area contributed by atoms with Gasteiger partial charge >= 0.3 is 6.03 Å². The molecule has 3 N–H and O–H groups in total. The predicted octanol–water partition coefficient (Wildman–Crippen LogP) is 5.33. The summed E-state index contributed by atoms with van der Waals surface area (Å²) in [5.74, 6) is 0.804. The van der Waals surface area contributed by atoms with E-state index in [1.165, 1.54) is 6.20 Å². The number of aromatic nitrogens is 2. The number of nitrogens with zero attached hydrogens (tertiary/aromatic N) is 4. The van der Waals surface area contributed by atoms with Crippen molar-refractivity contribution in [3.63, 3.8) is 0 Å². The van der Waals surface area contributed by atoms with Gasteiger partial charge in [0.2, 0.25) is 6.29 Å². The highest BCUT2D eigenvalue weighted by Crippen LogP contribution is 2.38. The highest BCUT2D eigenvalue weighted by atomic mass is 28.4. The summed E-state index contributed by atoms with van der Waals surface area (Å²) in [6.45, 7) is 15.4. The van der Waals surface area contributed by atoms with Gasteiger partial charge in [0.15, 0.2) is 8.32 Å². The van der Waals surface area contributed by atoms with Gasteiger partial charge in [-0.2, -0.15) is 5.26 Å². The fraction of sp³-hybridized carbons (Fsp3) is 0.586. The highest BCUT2D eigenvalue weighted by molar-refractivity contribution is 6.74. The lowest BCUT2D eigenvalue weighted by atomic mass is 10.0. The van der Waals surface area contributed by atoms with Crippen molar-refractivity contribution in [1.82, 2.24) is 9.97 Å². The number of carbonyl (C=O) groups is 1. The molecular weight excluding hydrogens is 540 g/mol. The smallest absolute Gasteiger partial charge is 0.328 e. The molecule has 11 nitrogen and oxygen atoms in total. The molecule has 0 aromatic carbocycles. The van der Waals surface area contributed by atoms with Gasteiger partial charge in [0, 0.05) is 45.1 Å². The van der Waals surface area contributed by atoms with E-state index in [1.807, 2.05) is 6.07 Å². The molecule has 3 heterocycles. The summed E-state index contributed by atoms with van der Waals surface area (Å²) < 4.78 is 17.7. The Kier molecular flexibility index (Phi) is 10.2. The van der Waals surface area contributed by atoms with Crippen LogP contribution in [0, 0.1) is 11.3 Å². The number of nitriles is 1. The third-order valence-electron chi connectivity index (χ3n) is 7.54. The lowest BCUT2D eigenvalue weighted by molar-refractivity contribution is -0.109. The van der Waals surface area contributed by atoms with Crippen molar-refractivity contribution in [3.8, 4) is 6.07 Å². The van der Waals surface area contributed by atoms with Gasteiger partial charge in [-0.05, 0) is 56.5 Å². The maximum absolute atomic E-state index is 13.5. The molecule has 0 fully saturated rings. The number of urea groups is 1. The van der Waals surface area contributed by atoms with Gasteiger partial charge in [-0.25, -0.2) is 14.8 Å². The molecular formula is C29H44N6O5Si. The Morgan fingerprint density at radius 3 is 2.49 bits per heavy atom. The lowest BCUT2D eigenvalue weighted by Gasteiger charge is -2.36. The van der Waals surface area contributed by atoms with Crippen molar-refractivity contribution in [2.75, 3.05) is 42.8 Å². The number of nitrogens with one attached hydrogen (secondary N) is 2. The van der Waals surface area contributed by atoms with Gasteiger partial charge in [-0.1, -0.05) is 20.8 Å². The van der Waals surface area contributed by atoms with Crippen LogP contribution in [-0.4, -0.2) is 62.3 Å². The van der Waals surface area contributed by atoms with Crippen molar-refractivity contribution in [2.24, 2.45) is 0 Å². The van der Waals surface area contributed by atoms with E-state index in [4.69, 9.17) is 18.9 Å². The summed E-state index contributed by atoms with van der Waals surface area (Å²) in [5.41, 5.74) is 2.17. The molecule has 0 saturated carbocycles. The zero-order valence-electron chi connectivity index (χ0n) is 25.7. The number of aryl methyl sites for hydroxylation is 1. The molecule has 12 heteroatoms. The van der Waals surface area contributed by atoms with E-state index in [9.17, 15) is 15.2 Å². The van der Waals surface area contributed by atoms with E-state index in [0.29, 0.717) is 35.9 Å². The SMILES string of the molecule is COC(OC)c1nc2c(cc1CO[Si](C)(C)C(C)(C)C)CCCN2C(=O)Nc1cc(NCC(C)(C)O)c(C#N)cn1. The number of hydrogen-bond acceptors (Lipinski definition) is 9. The molecule has 1 aliphatic heterocycles. The first kappa shape index (κ1) is 32.4. The number of fused-ring (bicyclic) bond motifs is 1. The fourth-order valence-electron chi connectivity index (χ4n) is 4.12. The summed E-state index contributed by atoms with van der Waals surface area (Å²) in [5, 5.41) is 25.5. The zero-order chi connectivity index (χ0) is 30.6. The average molecular weight is 585 g/mol. The maximum Gasteiger partial charge on any atom is 0.328 e. The Bertz CT molecular complexity index is 1280. The summed E-state index contributed by atoms with van der Waals surface area (Å²) >= 11 is 0.